The fraction of sp³-hybridized carbons (Fsp3) is 0.571. The van der Waals surface area contributed by atoms with Gasteiger partial charge in [-0.15, -0.1) is 11.8 Å². The molecule has 0 aromatic heterocycles. The van der Waals surface area contributed by atoms with E-state index >= 15 is 0 Å². The van der Waals surface area contributed by atoms with Crippen molar-refractivity contribution in [3.05, 3.63) is 29.3 Å². The van der Waals surface area contributed by atoms with Gasteiger partial charge in [0.1, 0.15) is 0 Å². The van der Waals surface area contributed by atoms with Crippen LogP contribution in [0.15, 0.2) is 29.2 Å². The second-order valence-electron chi connectivity index (χ2n) is 4.98. The van der Waals surface area contributed by atoms with Gasteiger partial charge in [0.15, 0.2) is 0 Å². The fourth-order valence-corrected chi connectivity index (χ4v) is 2.55. The molecule has 1 unspecified atom stereocenters. The van der Waals surface area contributed by atoms with Crippen LogP contribution in [0.2, 0.25) is 5.02 Å². The Balaban J connectivity index is 2.45. The summed E-state index contributed by atoms with van der Waals surface area (Å²) in [6, 6.07) is 8.02. The highest BCUT2D eigenvalue weighted by Gasteiger charge is 2.15. The summed E-state index contributed by atoms with van der Waals surface area (Å²) >= 11 is 7.97. The van der Waals surface area contributed by atoms with Crippen LogP contribution in [0.5, 0.6) is 0 Å². The van der Waals surface area contributed by atoms with Gasteiger partial charge in [0, 0.05) is 22.2 Å². The Bertz CT molecular complexity index is 352. The highest BCUT2D eigenvalue weighted by molar-refractivity contribution is 8.00. The molecular weight excluding hydrogens is 250 g/mol. The van der Waals surface area contributed by atoms with Crippen LogP contribution in [-0.2, 0) is 0 Å². The van der Waals surface area contributed by atoms with Gasteiger partial charge in [-0.25, -0.2) is 0 Å². The maximum Gasteiger partial charge on any atom is 0.0541 e. The third-order valence-electron chi connectivity index (χ3n) is 2.92. The summed E-state index contributed by atoms with van der Waals surface area (Å²) in [5.41, 5.74) is 0.218. The molecule has 0 bridgehead atoms. The number of benzene rings is 1. The molecule has 1 nitrogen and oxygen atoms in total. The molecule has 0 spiro atoms. The lowest BCUT2D eigenvalue weighted by Gasteiger charge is -2.26. The normalized spacial score (nSPS) is 13.7. The molecule has 0 saturated carbocycles. The van der Waals surface area contributed by atoms with Gasteiger partial charge in [-0.1, -0.05) is 37.6 Å². The first-order valence-electron chi connectivity index (χ1n) is 6.11. The SMILES string of the molecule is CCC(C)(C)NCC(C)Sc1ccccc1Cl. The van der Waals surface area contributed by atoms with E-state index in [9.17, 15) is 0 Å². The Morgan fingerprint density at radius 3 is 2.59 bits per heavy atom. The van der Waals surface area contributed by atoms with Crippen molar-refractivity contribution in [3.63, 3.8) is 0 Å². The first-order valence-corrected chi connectivity index (χ1v) is 7.36. The topological polar surface area (TPSA) is 12.0 Å². The Morgan fingerprint density at radius 1 is 1.35 bits per heavy atom. The fourth-order valence-electron chi connectivity index (χ4n) is 1.34. The van der Waals surface area contributed by atoms with Crippen molar-refractivity contribution in [1.82, 2.24) is 5.32 Å². The molecule has 0 amide bonds. The average molecular weight is 272 g/mol. The summed E-state index contributed by atoms with van der Waals surface area (Å²) in [4.78, 5) is 1.16. The van der Waals surface area contributed by atoms with Crippen LogP contribution in [0.1, 0.15) is 34.1 Å². The van der Waals surface area contributed by atoms with Crippen molar-refractivity contribution in [2.45, 2.75) is 49.8 Å². The zero-order chi connectivity index (χ0) is 12.9. The molecule has 0 aliphatic rings. The number of halogens is 1. The number of nitrogens with one attached hydrogen (secondary N) is 1. The predicted octanol–water partition coefficient (Wildman–Crippen LogP) is 4.60. The Labute approximate surface area is 114 Å². The van der Waals surface area contributed by atoms with Crippen LogP contribution in [-0.4, -0.2) is 17.3 Å². The van der Waals surface area contributed by atoms with Gasteiger partial charge in [0.05, 0.1) is 5.02 Å². The zero-order valence-electron chi connectivity index (χ0n) is 11.1. The summed E-state index contributed by atoms with van der Waals surface area (Å²) in [5, 5.41) is 4.95. The number of thioether (sulfide) groups is 1. The second-order valence-corrected chi connectivity index (χ2v) is 6.86. The smallest absolute Gasteiger partial charge is 0.0541 e. The Morgan fingerprint density at radius 2 is 2.00 bits per heavy atom. The second kappa shape index (κ2) is 6.67. The van der Waals surface area contributed by atoms with Gasteiger partial charge in [0.2, 0.25) is 0 Å². The molecule has 1 aromatic carbocycles. The average Bonchev–Trinajstić information content (AvgIpc) is 2.30. The van der Waals surface area contributed by atoms with Crippen molar-refractivity contribution < 1.29 is 0 Å². The van der Waals surface area contributed by atoms with E-state index < -0.39 is 0 Å². The van der Waals surface area contributed by atoms with Crippen molar-refractivity contribution in [1.29, 1.82) is 0 Å². The molecule has 1 atom stereocenters. The first-order chi connectivity index (χ1) is 7.94. The van der Waals surface area contributed by atoms with Crippen molar-refractivity contribution >= 4 is 23.4 Å². The summed E-state index contributed by atoms with van der Waals surface area (Å²) < 4.78 is 0. The molecular formula is C14H22ClNS. The molecule has 1 rings (SSSR count). The van der Waals surface area contributed by atoms with E-state index in [1.807, 2.05) is 30.0 Å². The third-order valence-corrected chi connectivity index (χ3v) is 4.54. The molecule has 0 aliphatic heterocycles. The quantitative estimate of drug-likeness (QED) is 0.759. The van der Waals surface area contributed by atoms with Crippen LogP contribution in [0.25, 0.3) is 0 Å². The minimum absolute atomic E-state index is 0.218. The number of hydrogen-bond acceptors (Lipinski definition) is 2. The minimum atomic E-state index is 0.218. The maximum atomic E-state index is 6.14. The van der Waals surface area contributed by atoms with Crippen LogP contribution in [0.4, 0.5) is 0 Å². The minimum Gasteiger partial charge on any atom is -0.311 e. The molecule has 1 N–H and O–H groups in total. The number of rotatable bonds is 6. The molecule has 96 valence electrons. The van der Waals surface area contributed by atoms with Gasteiger partial charge in [0.25, 0.3) is 0 Å². The highest BCUT2D eigenvalue weighted by atomic mass is 35.5. The summed E-state index contributed by atoms with van der Waals surface area (Å²) in [5.74, 6) is 0. The first kappa shape index (κ1) is 14.9. The monoisotopic (exact) mass is 271 g/mol. The molecule has 0 aliphatic carbocycles. The standard InChI is InChI=1S/C14H22ClNS/c1-5-14(3,4)16-10-11(2)17-13-9-7-6-8-12(13)15/h6-9,11,16H,5,10H2,1-4H3. The lowest BCUT2D eigenvalue weighted by Crippen LogP contribution is -2.41. The van der Waals surface area contributed by atoms with Crippen molar-refractivity contribution in [2.75, 3.05) is 6.54 Å². The van der Waals surface area contributed by atoms with Gasteiger partial charge in [-0.3, -0.25) is 0 Å². The van der Waals surface area contributed by atoms with Crippen LogP contribution >= 0.6 is 23.4 Å². The Hall–Kier alpha value is -0.180. The molecule has 0 radical (unpaired) electrons. The maximum absolute atomic E-state index is 6.14. The van der Waals surface area contributed by atoms with Crippen molar-refractivity contribution in [2.24, 2.45) is 0 Å². The predicted molar refractivity (Wildman–Crippen MR) is 79.1 cm³/mol. The zero-order valence-corrected chi connectivity index (χ0v) is 12.7. The van der Waals surface area contributed by atoms with E-state index in [4.69, 9.17) is 11.6 Å². The summed E-state index contributed by atoms with van der Waals surface area (Å²) in [6.45, 7) is 9.90. The third kappa shape index (κ3) is 5.33. The highest BCUT2D eigenvalue weighted by Crippen LogP contribution is 2.29. The lowest BCUT2D eigenvalue weighted by molar-refractivity contribution is 0.379. The van der Waals surface area contributed by atoms with Gasteiger partial charge < -0.3 is 5.32 Å². The Kier molecular flexibility index (Phi) is 5.84. The van der Waals surface area contributed by atoms with E-state index in [1.165, 1.54) is 0 Å². The largest absolute Gasteiger partial charge is 0.311 e. The molecule has 0 heterocycles. The van der Waals surface area contributed by atoms with E-state index in [1.54, 1.807) is 0 Å². The van der Waals surface area contributed by atoms with Crippen LogP contribution in [0.3, 0.4) is 0 Å². The summed E-state index contributed by atoms with van der Waals surface area (Å²) in [7, 11) is 0. The van der Waals surface area contributed by atoms with Gasteiger partial charge in [-0.05, 0) is 32.4 Å². The van der Waals surface area contributed by atoms with Crippen LogP contribution < -0.4 is 5.32 Å². The van der Waals surface area contributed by atoms with E-state index in [0.717, 1.165) is 22.9 Å². The molecule has 3 heteroatoms. The molecule has 0 fully saturated rings. The molecule has 17 heavy (non-hydrogen) atoms. The van der Waals surface area contributed by atoms with E-state index in [-0.39, 0.29) is 5.54 Å². The van der Waals surface area contributed by atoms with E-state index in [2.05, 4.69) is 39.1 Å². The summed E-state index contributed by atoms with van der Waals surface area (Å²) in [6.07, 6.45) is 1.14. The van der Waals surface area contributed by atoms with Gasteiger partial charge in [-0.2, -0.15) is 0 Å². The van der Waals surface area contributed by atoms with Gasteiger partial charge >= 0.3 is 0 Å². The number of hydrogen-bond donors (Lipinski definition) is 1. The lowest BCUT2D eigenvalue weighted by atomic mass is 10.0. The van der Waals surface area contributed by atoms with Crippen molar-refractivity contribution in [3.8, 4) is 0 Å². The molecule has 0 saturated heterocycles. The molecule has 1 aromatic rings. The van der Waals surface area contributed by atoms with Crippen LogP contribution in [0, 0.1) is 0 Å². The van der Waals surface area contributed by atoms with E-state index in [0.29, 0.717) is 5.25 Å².